The molecular formula is C48H67ClN6O8. The topological polar surface area (TPSA) is 157 Å². The second kappa shape index (κ2) is 27.3. The quantitative estimate of drug-likeness (QED) is 0.0893. The van der Waals surface area contributed by atoms with Gasteiger partial charge in [0.05, 0.1) is 39.8 Å². The molecule has 4 aromatic carbocycles. The van der Waals surface area contributed by atoms with Gasteiger partial charge in [0.1, 0.15) is 31.2 Å². The number of hydrogen-bond acceptors (Lipinski definition) is 12. The molecule has 0 spiro atoms. The Morgan fingerprint density at radius 3 is 1.52 bits per heavy atom. The number of hydrogen-bond donors (Lipinski definition) is 5. The van der Waals surface area contributed by atoms with Crippen LogP contribution in [0.3, 0.4) is 0 Å². The lowest BCUT2D eigenvalue weighted by Crippen LogP contribution is -2.50. The SMILES string of the molecule is [2H]C([2H])([2H])Oc1ccccc1OC([2H])([2H])C([2H])(O)C([2H])([2H])N1CCNCC1.[2H]c1cc(C([2H])([2H])[2H])c(NC(=O)CCl)c(C([2H])([2H])[2H])c1.[2H]c1cc(C([2H])([2H])[2H])c(NC(=O)CN2CCN(C([2H])([2H])C([2H])(O)C([2H])([2H])Oc3ccccc3OC([2H])([2H])[2H])CC2)c(C([2H])([2H])[2H])c1. The van der Waals surface area contributed by atoms with E-state index in [1.54, 1.807) is 0 Å². The van der Waals surface area contributed by atoms with Crippen LogP contribution in [0, 0.1) is 27.4 Å². The maximum absolute atomic E-state index is 12.9. The monoisotopic (exact) mass is 921 g/mol. The van der Waals surface area contributed by atoms with E-state index >= 15 is 0 Å². The number of aryl methyl sites for hydroxylation is 4. The Labute approximate surface area is 420 Å². The number of β-amino-alcohol motifs (C(OH)–C–C–N with tert-alkyl or cyclic N) is 2. The lowest BCUT2D eigenvalue weighted by Gasteiger charge is -2.35. The molecule has 5 N–H and O–H groups in total. The largest absolute Gasteiger partial charge is 0.493 e. The zero-order valence-electron chi connectivity index (χ0n) is 63.6. The Kier molecular flexibility index (Phi) is 9.88. The Morgan fingerprint density at radius 2 is 1.10 bits per heavy atom. The van der Waals surface area contributed by atoms with Crippen molar-refractivity contribution in [1.82, 2.24) is 20.0 Å². The number of para-hydroxylation sites is 6. The summed E-state index contributed by atoms with van der Waals surface area (Å²) in [5.74, 6) is -3.57. The summed E-state index contributed by atoms with van der Waals surface area (Å²) in [5.41, 5.74) is -2.60. The molecule has 2 amide bonds. The summed E-state index contributed by atoms with van der Waals surface area (Å²) in [5, 5.41) is 28.9. The first-order valence-electron chi connectivity index (χ1n) is 33.8. The summed E-state index contributed by atoms with van der Waals surface area (Å²) in [4.78, 5) is 27.9. The molecule has 2 atom stereocenters. The van der Waals surface area contributed by atoms with Gasteiger partial charge in [-0.25, -0.2) is 0 Å². The van der Waals surface area contributed by atoms with E-state index in [0.717, 1.165) is 46.2 Å². The summed E-state index contributed by atoms with van der Waals surface area (Å²) < 4.78 is 251. The van der Waals surface area contributed by atoms with Crippen molar-refractivity contribution in [2.75, 3.05) is 116 Å². The minimum absolute atomic E-state index is 0.0357. The van der Waals surface area contributed by atoms with Crippen molar-refractivity contribution in [1.29, 1.82) is 0 Å². The van der Waals surface area contributed by atoms with E-state index < -0.39 is 137 Å². The first-order valence-corrected chi connectivity index (χ1v) is 19.3. The van der Waals surface area contributed by atoms with Gasteiger partial charge in [0.25, 0.3) is 0 Å². The number of piperazine rings is 2. The molecular weight excluding hydrogens is 824 g/mol. The van der Waals surface area contributed by atoms with E-state index in [4.69, 9.17) is 71.7 Å². The number of aliphatic hydroxyl groups is 2. The fourth-order valence-corrected chi connectivity index (χ4v) is 5.47. The van der Waals surface area contributed by atoms with Crippen LogP contribution in [0.1, 0.15) is 63.4 Å². The van der Waals surface area contributed by atoms with Gasteiger partial charge in [0.15, 0.2) is 23.0 Å². The number of anilines is 2. The first kappa shape index (κ1) is 22.8. The number of nitrogens with zero attached hydrogens (tertiary/aromatic N) is 3. The molecule has 0 aliphatic carbocycles. The van der Waals surface area contributed by atoms with Crippen molar-refractivity contribution in [2.24, 2.45) is 0 Å². The number of halogens is 1. The molecule has 14 nitrogen and oxygen atoms in total. The van der Waals surface area contributed by atoms with Crippen LogP contribution in [0.5, 0.6) is 23.0 Å². The van der Waals surface area contributed by atoms with Crippen LogP contribution < -0.4 is 34.9 Å². The van der Waals surface area contributed by atoms with E-state index in [1.165, 1.54) is 41.3 Å². The van der Waals surface area contributed by atoms with Crippen molar-refractivity contribution in [2.45, 2.75) is 39.6 Å². The van der Waals surface area contributed by atoms with Gasteiger partial charge in [-0.05, 0) is 73.9 Å². The number of carbonyl (C=O) groups excluding carboxylic acids is 2. The zero-order valence-corrected chi connectivity index (χ0v) is 34.3. The average Bonchev–Trinajstić information content (AvgIpc) is 0.762. The van der Waals surface area contributed by atoms with Gasteiger partial charge in [-0.2, -0.15) is 0 Å². The van der Waals surface area contributed by atoms with Gasteiger partial charge in [-0.1, -0.05) is 60.6 Å². The Bertz CT molecular complexity index is 3130. The van der Waals surface area contributed by atoms with Gasteiger partial charge in [-0.15, -0.1) is 11.6 Å². The highest BCUT2D eigenvalue weighted by atomic mass is 35.5. The number of nitrogens with one attached hydrogen (secondary N) is 3. The Morgan fingerprint density at radius 1 is 0.683 bits per heavy atom. The zero-order chi connectivity index (χ0) is 71.3. The lowest BCUT2D eigenvalue weighted by atomic mass is 10.1. The highest BCUT2D eigenvalue weighted by Crippen LogP contribution is 2.27. The number of ether oxygens (including phenoxy) is 4. The number of rotatable bonds is 17. The molecule has 0 radical (unpaired) electrons. The summed E-state index contributed by atoms with van der Waals surface area (Å²) in [6, 6.07) is 13.6. The third kappa shape index (κ3) is 17.6. The molecule has 63 heavy (non-hydrogen) atoms. The number of amides is 2. The van der Waals surface area contributed by atoms with Gasteiger partial charge < -0.3 is 45.1 Å². The van der Waals surface area contributed by atoms with Gasteiger partial charge in [0.2, 0.25) is 11.8 Å². The number of methoxy groups -OCH3 is 2. The van der Waals surface area contributed by atoms with Crippen LogP contribution in [-0.2, 0) is 9.59 Å². The van der Waals surface area contributed by atoms with Crippen LogP contribution in [0.25, 0.3) is 0 Å². The molecule has 2 heterocycles. The molecule has 4 aromatic rings. The summed E-state index contributed by atoms with van der Waals surface area (Å²) in [7, 11) is -5.75. The van der Waals surface area contributed by atoms with Crippen molar-refractivity contribution in [3.8, 4) is 23.0 Å². The maximum atomic E-state index is 12.9. The van der Waals surface area contributed by atoms with Crippen molar-refractivity contribution in [3.05, 3.63) is 107 Å². The van der Waals surface area contributed by atoms with Gasteiger partial charge in [-0.3, -0.25) is 24.3 Å². The molecule has 0 bridgehead atoms. The van der Waals surface area contributed by atoms with Crippen LogP contribution in [0.15, 0.2) is 84.9 Å². The first-order chi connectivity index (χ1) is 42.0. The molecule has 2 unspecified atom stereocenters. The van der Waals surface area contributed by atoms with Crippen LogP contribution >= 0.6 is 11.6 Å². The number of alkyl halides is 1. The molecule has 2 saturated heterocycles. The van der Waals surface area contributed by atoms with Crippen LogP contribution in [-0.4, -0.2) is 154 Å². The van der Waals surface area contributed by atoms with E-state index in [-0.39, 0.29) is 75.1 Å². The van der Waals surface area contributed by atoms with Crippen molar-refractivity contribution >= 4 is 34.8 Å². The Balaban J connectivity index is 0.000000330. The predicted octanol–water partition coefficient (Wildman–Crippen LogP) is 5.13. The van der Waals surface area contributed by atoms with Gasteiger partial charge in [0, 0.05) is 98.7 Å². The molecule has 344 valence electrons. The molecule has 2 fully saturated rings. The molecule has 0 saturated carbocycles. The summed E-state index contributed by atoms with van der Waals surface area (Å²) >= 11 is 5.34. The summed E-state index contributed by atoms with van der Waals surface area (Å²) in [6.45, 7) is -23.2. The third-order valence-corrected chi connectivity index (χ3v) is 8.70. The second-order valence-electron chi connectivity index (χ2n) is 13.0. The van der Waals surface area contributed by atoms with Gasteiger partial charge >= 0.3 is 0 Å². The Hall–Kier alpha value is -4.93. The molecule has 6 rings (SSSR count). The van der Waals surface area contributed by atoms with E-state index in [9.17, 15) is 19.8 Å². The van der Waals surface area contributed by atoms with Crippen LogP contribution in [0.2, 0.25) is 0 Å². The number of benzene rings is 4. The fourth-order valence-electron chi connectivity index (χ4n) is 5.40. The molecule has 2 aliphatic rings. The third-order valence-electron chi connectivity index (χ3n) is 8.46. The van der Waals surface area contributed by atoms with Crippen molar-refractivity contribution < 1.29 is 79.9 Å². The average molecular weight is 922 g/mol. The minimum Gasteiger partial charge on any atom is -0.493 e. The lowest BCUT2D eigenvalue weighted by molar-refractivity contribution is -0.118. The number of carbonyl (C=O) groups is 2. The molecule has 15 heteroatoms. The van der Waals surface area contributed by atoms with E-state index in [2.05, 4.69) is 16.0 Å². The van der Waals surface area contributed by atoms with Crippen LogP contribution in [0.4, 0.5) is 11.4 Å². The molecule has 2 aliphatic heterocycles. The predicted molar refractivity (Wildman–Crippen MR) is 251 cm³/mol. The fraction of sp³-hybridized carbons (Fsp3) is 0.458. The van der Waals surface area contributed by atoms with E-state index in [1.807, 2.05) is 0 Å². The second-order valence-corrected chi connectivity index (χ2v) is 13.2. The van der Waals surface area contributed by atoms with E-state index in [0.29, 0.717) is 13.1 Å². The maximum Gasteiger partial charge on any atom is 0.239 e. The smallest absolute Gasteiger partial charge is 0.239 e. The minimum atomic E-state index is -3.59. The van der Waals surface area contributed by atoms with Crippen molar-refractivity contribution in [3.63, 3.8) is 0 Å². The highest BCUT2D eigenvalue weighted by Gasteiger charge is 2.22. The highest BCUT2D eigenvalue weighted by molar-refractivity contribution is 6.29. The summed E-state index contributed by atoms with van der Waals surface area (Å²) in [6.07, 6.45) is -6.92. The molecule has 0 aromatic heterocycles. The standard InChI is InChI=1S/C24H33N3O4.C14H22N2O3.C10H12ClNO/c1-18-7-6-8-19(2)24(18)25-23(29)16-27-13-11-26(12-14-27)15-20(28)17-31-22-10-5-4-9-21(22)30-3;1-18-13-4-2-3-5-14(13)19-11-12(17)10-16-8-6-15-7-9-16;1-7-4-3-5-8(2)10(7)12-9(13)6-11/h4-10,20,28H,11-17H2,1-3H3,(H,25,29);2-5,12,15,17H,6-11H2,1H3;3-5H,6H2,1-2H3,(H,12,13)/i1D3,2D3,3D3,6D,15D2,17D2,20D;1D3,10D2,11D2,12D;1D3,2D3,3D. The normalized spacial score (nSPS) is 25.4.